The van der Waals surface area contributed by atoms with Crippen molar-refractivity contribution in [3.63, 3.8) is 0 Å². The molecule has 1 fully saturated rings. The van der Waals surface area contributed by atoms with Crippen molar-refractivity contribution < 1.29 is 4.74 Å². The summed E-state index contributed by atoms with van der Waals surface area (Å²) in [7, 11) is 0. The Balaban J connectivity index is 2.09. The minimum Gasteiger partial charge on any atom is -0.378 e. The lowest BCUT2D eigenvalue weighted by atomic mass is 9.77. The maximum Gasteiger partial charge on any atom is 0.0580 e. The van der Waals surface area contributed by atoms with Gasteiger partial charge >= 0.3 is 0 Å². The first-order valence-electron chi connectivity index (χ1n) is 7.06. The molecule has 0 aromatic carbocycles. The van der Waals surface area contributed by atoms with E-state index >= 15 is 0 Å². The molecule has 0 bridgehead atoms. The molecule has 16 heavy (non-hydrogen) atoms. The number of rotatable bonds is 8. The Morgan fingerprint density at radius 2 is 1.81 bits per heavy atom. The van der Waals surface area contributed by atoms with E-state index in [0.717, 1.165) is 18.4 Å². The van der Waals surface area contributed by atoms with E-state index in [1.807, 2.05) is 0 Å². The summed E-state index contributed by atoms with van der Waals surface area (Å²) in [6, 6.07) is 0.414. The quantitative estimate of drug-likeness (QED) is 0.690. The molecule has 1 rings (SSSR count). The summed E-state index contributed by atoms with van der Waals surface area (Å²) in [5.74, 6) is 1.67. The van der Waals surface area contributed by atoms with E-state index in [4.69, 9.17) is 10.5 Å². The van der Waals surface area contributed by atoms with Gasteiger partial charge in [-0.25, -0.2) is 0 Å². The van der Waals surface area contributed by atoms with Crippen LogP contribution in [0.4, 0.5) is 0 Å². The standard InChI is InChI=1S/C14H29NO/c1-4-11(5-2)7-13(15)8-12-9-14(10-12)16-6-3/h11-14H,4-10,15H2,1-3H3. The number of hydrogen-bond acceptors (Lipinski definition) is 2. The largest absolute Gasteiger partial charge is 0.378 e. The normalized spacial score (nSPS) is 26.8. The zero-order valence-corrected chi connectivity index (χ0v) is 11.2. The van der Waals surface area contributed by atoms with Crippen LogP contribution in [-0.4, -0.2) is 18.8 Å². The van der Waals surface area contributed by atoms with E-state index in [1.165, 1.54) is 38.5 Å². The van der Waals surface area contributed by atoms with Gasteiger partial charge in [0, 0.05) is 12.6 Å². The van der Waals surface area contributed by atoms with Crippen molar-refractivity contribution in [2.24, 2.45) is 17.6 Å². The van der Waals surface area contributed by atoms with Crippen LogP contribution in [0.1, 0.15) is 59.3 Å². The maximum absolute atomic E-state index is 6.21. The van der Waals surface area contributed by atoms with E-state index in [-0.39, 0.29) is 0 Å². The third kappa shape index (κ3) is 4.42. The zero-order chi connectivity index (χ0) is 12.0. The van der Waals surface area contributed by atoms with Crippen LogP contribution in [0.2, 0.25) is 0 Å². The van der Waals surface area contributed by atoms with Crippen LogP contribution in [0.3, 0.4) is 0 Å². The number of ether oxygens (including phenoxy) is 1. The van der Waals surface area contributed by atoms with Crippen molar-refractivity contribution in [2.45, 2.75) is 71.4 Å². The summed E-state index contributed by atoms with van der Waals surface area (Å²) in [5, 5.41) is 0. The van der Waals surface area contributed by atoms with Crippen LogP contribution in [-0.2, 0) is 4.74 Å². The lowest BCUT2D eigenvalue weighted by molar-refractivity contribution is -0.0286. The van der Waals surface area contributed by atoms with Crippen molar-refractivity contribution in [2.75, 3.05) is 6.61 Å². The molecular formula is C14H29NO. The van der Waals surface area contributed by atoms with E-state index in [1.54, 1.807) is 0 Å². The molecule has 1 aliphatic carbocycles. The van der Waals surface area contributed by atoms with Crippen molar-refractivity contribution in [3.05, 3.63) is 0 Å². The van der Waals surface area contributed by atoms with Crippen LogP contribution in [0.15, 0.2) is 0 Å². The third-order valence-corrected chi connectivity index (χ3v) is 4.02. The predicted octanol–water partition coefficient (Wildman–Crippen LogP) is 3.35. The van der Waals surface area contributed by atoms with E-state index in [9.17, 15) is 0 Å². The summed E-state index contributed by atoms with van der Waals surface area (Å²) in [4.78, 5) is 0. The molecule has 0 aromatic heterocycles. The fraction of sp³-hybridized carbons (Fsp3) is 1.00. The second-order valence-corrected chi connectivity index (χ2v) is 5.33. The summed E-state index contributed by atoms with van der Waals surface area (Å²) in [5.41, 5.74) is 6.21. The molecule has 0 saturated heterocycles. The average Bonchev–Trinajstić information content (AvgIpc) is 2.23. The highest BCUT2D eigenvalue weighted by Gasteiger charge is 2.30. The molecule has 0 aromatic rings. The lowest BCUT2D eigenvalue weighted by Gasteiger charge is -2.36. The van der Waals surface area contributed by atoms with Crippen LogP contribution in [0, 0.1) is 11.8 Å². The van der Waals surface area contributed by atoms with E-state index in [2.05, 4.69) is 20.8 Å². The highest BCUT2D eigenvalue weighted by atomic mass is 16.5. The molecule has 0 heterocycles. The second-order valence-electron chi connectivity index (χ2n) is 5.33. The van der Waals surface area contributed by atoms with Crippen molar-refractivity contribution in [3.8, 4) is 0 Å². The SMILES string of the molecule is CCOC1CC(CC(N)CC(CC)CC)C1. The average molecular weight is 227 g/mol. The Bertz CT molecular complexity index is 174. The monoisotopic (exact) mass is 227 g/mol. The first kappa shape index (κ1) is 14.0. The van der Waals surface area contributed by atoms with Gasteiger partial charge in [0.15, 0.2) is 0 Å². The Labute approximate surface area is 101 Å². The predicted molar refractivity (Wildman–Crippen MR) is 69.4 cm³/mol. The summed E-state index contributed by atoms with van der Waals surface area (Å²) in [6.07, 6.45) is 7.99. The molecule has 1 saturated carbocycles. The fourth-order valence-electron chi connectivity index (χ4n) is 2.81. The summed E-state index contributed by atoms with van der Waals surface area (Å²) < 4.78 is 5.57. The minimum absolute atomic E-state index is 0.414. The lowest BCUT2D eigenvalue weighted by Crippen LogP contribution is -2.36. The smallest absolute Gasteiger partial charge is 0.0580 e. The molecule has 1 unspecified atom stereocenters. The van der Waals surface area contributed by atoms with Crippen LogP contribution in [0.25, 0.3) is 0 Å². The van der Waals surface area contributed by atoms with Gasteiger partial charge in [0.05, 0.1) is 6.10 Å². The van der Waals surface area contributed by atoms with Crippen LogP contribution >= 0.6 is 0 Å². The third-order valence-electron chi connectivity index (χ3n) is 4.02. The summed E-state index contributed by atoms with van der Waals surface area (Å²) in [6.45, 7) is 7.48. The van der Waals surface area contributed by atoms with Gasteiger partial charge in [-0.3, -0.25) is 0 Å². The first-order chi connectivity index (χ1) is 7.69. The van der Waals surface area contributed by atoms with Gasteiger partial charge in [0.2, 0.25) is 0 Å². The van der Waals surface area contributed by atoms with Gasteiger partial charge in [-0.05, 0) is 44.4 Å². The van der Waals surface area contributed by atoms with Crippen molar-refractivity contribution in [1.29, 1.82) is 0 Å². The van der Waals surface area contributed by atoms with Crippen molar-refractivity contribution in [1.82, 2.24) is 0 Å². The zero-order valence-electron chi connectivity index (χ0n) is 11.2. The van der Waals surface area contributed by atoms with Crippen molar-refractivity contribution >= 4 is 0 Å². The molecule has 1 aliphatic rings. The van der Waals surface area contributed by atoms with Gasteiger partial charge in [0.25, 0.3) is 0 Å². The Hall–Kier alpha value is -0.0800. The Morgan fingerprint density at radius 1 is 1.19 bits per heavy atom. The molecule has 1 atom stereocenters. The van der Waals surface area contributed by atoms with E-state index in [0.29, 0.717) is 12.1 Å². The fourth-order valence-corrected chi connectivity index (χ4v) is 2.81. The van der Waals surface area contributed by atoms with Crippen LogP contribution in [0.5, 0.6) is 0 Å². The van der Waals surface area contributed by atoms with Crippen LogP contribution < -0.4 is 5.73 Å². The Kier molecular flexibility index (Phi) is 6.37. The van der Waals surface area contributed by atoms with Gasteiger partial charge in [0.1, 0.15) is 0 Å². The molecule has 0 amide bonds. The molecule has 2 N–H and O–H groups in total. The molecule has 0 radical (unpaired) electrons. The maximum atomic E-state index is 6.21. The molecule has 2 heteroatoms. The topological polar surface area (TPSA) is 35.2 Å². The molecular weight excluding hydrogens is 198 g/mol. The van der Waals surface area contributed by atoms with Gasteiger partial charge in [-0.15, -0.1) is 0 Å². The highest BCUT2D eigenvalue weighted by molar-refractivity contribution is 4.83. The highest BCUT2D eigenvalue weighted by Crippen LogP contribution is 2.34. The number of hydrogen-bond donors (Lipinski definition) is 1. The molecule has 0 aliphatic heterocycles. The molecule has 0 spiro atoms. The van der Waals surface area contributed by atoms with Gasteiger partial charge < -0.3 is 10.5 Å². The van der Waals surface area contributed by atoms with Gasteiger partial charge in [-0.2, -0.15) is 0 Å². The summed E-state index contributed by atoms with van der Waals surface area (Å²) >= 11 is 0. The number of nitrogens with two attached hydrogens (primary N) is 1. The Morgan fingerprint density at radius 3 is 2.31 bits per heavy atom. The minimum atomic E-state index is 0.414. The molecule has 2 nitrogen and oxygen atoms in total. The van der Waals surface area contributed by atoms with E-state index < -0.39 is 0 Å². The second kappa shape index (κ2) is 7.29. The molecule has 96 valence electrons. The van der Waals surface area contributed by atoms with Gasteiger partial charge in [-0.1, -0.05) is 26.7 Å². The first-order valence-corrected chi connectivity index (χ1v) is 7.06.